The van der Waals surface area contributed by atoms with Crippen molar-refractivity contribution in [1.82, 2.24) is 4.40 Å². The van der Waals surface area contributed by atoms with Crippen LogP contribution in [0.4, 0.5) is 13.2 Å². The summed E-state index contributed by atoms with van der Waals surface area (Å²) in [5.41, 5.74) is 6.17. The van der Waals surface area contributed by atoms with E-state index in [0.717, 1.165) is 86.0 Å². The summed E-state index contributed by atoms with van der Waals surface area (Å²) in [5.74, 6) is 1.04. The van der Waals surface area contributed by atoms with Gasteiger partial charge in [0, 0.05) is 61.2 Å². The van der Waals surface area contributed by atoms with Crippen LogP contribution in [0.15, 0.2) is 90.8 Å². The number of para-hydroxylation sites is 1. The van der Waals surface area contributed by atoms with Gasteiger partial charge in [-0.15, -0.1) is 23.1 Å². The maximum Gasteiger partial charge on any atom is 0.394 e. The number of hydrogen-bond acceptors (Lipinski definition) is 2. The molecule has 0 spiro atoms. The van der Waals surface area contributed by atoms with Gasteiger partial charge in [0.25, 0.3) is 0 Å². The van der Waals surface area contributed by atoms with Crippen molar-refractivity contribution in [2.75, 3.05) is 0 Å². The molecule has 1 aliphatic carbocycles. The second-order valence-electron chi connectivity index (χ2n) is 17.7. The van der Waals surface area contributed by atoms with Gasteiger partial charge in [0.2, 0.25) is 0 Å². The summed E-state index contributed by atoms with van der Waals surface area (Å²) >= 11 is 0. The molecule has 1 fully saturated rings. The summed E-state index contributed by atoms with van der Waals surface area (Å²) in [6.07, 6.45) is 8.66. The summed E-state index contributed by atoms with van der Waals surface area (Å²) in [5, 5.41) is 16.2. The van der Waals surface area contributed by atoms with E-state index in [-0.39, 0.29) is 49.9 Å². The fourth-order valence-corrected chi connectivity index (χ4v) is 9.88. The van der Waals surface area contributed by atoms with Crippen LogP contribution in [0, 0.1) is 31.2 Å². The Morgan fingerprint density at radius 2 is 1.41 bits per heavy atom. The molecule has 8 rings (SSSR count). The molecule has 61 heavy (non-hydrogen) atoms. The fourth-order valence-electron chi connectivity index (χ4n) is 9.88. The molecule has 0 atom stereocenters. The Kier molecular flexibility index (Phi) is 13.9. The number of aromatic nitrogens is 2. The van der Waals surface area contributed by atoms with Gasteiger partial charge in [-0.25, -0.2) is 0 Å². The average molecular weight is 1010 g/mol. The van der Waals surface area contributed by atoms with Crippen molar-refractivity contribution < 1.29 is 47.7 Å². The van der Waals surface area contributed by atoms with Gasteiger partial charge in [0.05, 0.1) is 39.6 Å². The van der Waals surface area contributed by atoms with Gasteiger partial charge in [0.15, 0.2) is 5.78 Å². The van der Waals surface area contributed by atoms with Crippen molar-refractivity contribution in [2.24, 2.45) is 17.3 Å². The van der Waals surface area contributed by atoms with Gasteiger partial charge >= 0.3 is 6.18 Å². The van der Waals surface area contributed by atoms with Gasteiger partial charge in [0.1, 0.15) is 0 Å². The zero-order valence-electron chi connectivity index (χ0n) is 36.5. The number of halogens is 3. The monoisotopic (exact) mass is 1010 g/mol. The molecule has 0 aliphatic heterocycles. The number of aliphatic hydroxyl groups excluding tert-OH is 1. The number of rotatable bonds is 11. The van der Waals surface area contributed by atoms with Crippen molar-refractivity contribution in [3.63, 3.8) is 0 Å². The van der Waals surface area contributed by atoms with Crippen LogP contribution in [0.2, 0.25) is 0 Å². The Morgan fingerprint density at radius 3 is 2.05 bits per heavy atom. The maximum atomic E-state index is 14.1. The van der Waals surface area contributed by atoms with Crippen molar-refractivity contribution in [2.45, 2.75) is 118 Å². The van der Waals surface area contributed by atoms with Gasteiger partial charge in [-0.1, -0.05) is 120 Å². The number of pyridine rings is 1. The third-order valence-electron chi connectivity index (χ3n) is 13.6. The number of ketones is 1. The molecule has 4 aromatic carbocycles. The molecule has 8 heteroatoms. The topological polar surface area (TPSA) is 45.6 Å². The van der Waals surface area contributed by atoms with Gasteiger partial charge in [-0.3, -0.25) is 4.79 Å². The van der Waals surface area contributed by atoms with E-state index in [1.54, 1.807) is 0 Å². The number of benzene rings is 4. The SMILES string of the molecule is CCC(CC)C(=O)/C=C(\O)C(CC)CC.[CH2-]c1c(-c2c3c(cc[n+]2[CH2-])c2cccc4c5c(CC(C)(C)C(F)(F)F)cccc5n3c24)cc(C2CCCCC2)c2ccccc12.[Ir]. The standard InChI is InChI=1S/C40H36F3N2.C13H24O2.Ir/c1-24-27-15-8-9-16-28(27)33(25-12-6-5-7-13-25)22-32(24)37-38-30(20-21-44(37)4)29-17-11-18-31-35-26(23-39(2,3)40(41,42)43)14-10-19-34(35)45(38)36(29)31;1-5-10(6-2)12(14)9-13(15)11(7-3)8-4;/h8-11,14-22,25H,1,4-7,12-13,23H2,2-3H3;9-11,14H,5-8H2,1-4H3;/q-1;;/b;12-9-;. The largest absolute Gasteiger partial charge is 0.512 e. The zero-order valence-corrected chi connectivity index (χ0v) is 38.9. The number of hydrogen-bond donors (Lipinski definition) is 1. The van der Waals surface area contributed by atoms with E-state index in [1.165, 1.54) is 63.0 Å². The normalized spacial score (nSPS) is 14.4. The van der Waals surface area contributed by atoms with Crippen LogP contribution in [-0.2, 0) is 31.3 Å². The van der Waals surface area contributed by atoms with E-state index in [1.807, 2.05) is 62.7 Å². The maximum absolute atomic E-state index is 14.1. The molecule has 0 unspecified atom stereocenters. The van der Waals surface area contributed by atoms with Gasteiger partial charge in [-0.2, -0.15) is 25.7 Å². The van der Waals surface area contributed by atoms with E-state index in [4.69, 9.17) is 0 Å². The number of allylic oxidation sites excluding steroid dienone is 2. The molecule has 4 nitrogen and oxygen atoms in total. The fraction of sp³-hybridized carbons (Fsp3) is 0.396. The molecule has 0 saturated heterocycles. The van der Waals surface area contributed by atoms with E-state index >= 15 is 0 Å². The van der Waals surface area contributed by atoms with Crippen LogP contribution < -0.4 is 4.57 Å². The Morgan fingerprint density at radius 1 is 0.820 bits per heavy atom. The molecule has 7 aromatic rings. The minimum Gasteiger partial charge on any atom is -0.512 e. The van der Waals surface area contributed by atoms with Crippen LogP contribution in [-0.4, -0.2) is 21.5 Å². The molecule has 0 bridgehead atoms. The van der Waals surface area contributed by atoms with Crippen LogP contribution in [0.1, 0.15) is 122 Å². The van der Waals surface area contributed by atoms with Crippen LogP contribution in [0.5, 0.6) is 0 Å². The Labute approximate surface area is 372 Å². The number of carbonyl (C=O) groups excluding carboxylic acids is 1. The predicted molar refractivity (Wildman–Crippen MR) is 243 cm³/mol. The number of carbonyl (C=O) groups is 1. The summed E-state index contributed by atoms with van der Waals surface area (Å²) in [6.45, 7) is 15.3. The number of nitrogens with zero attached hydrogens (tertiary/aromatic N) is 2. The third kappa shape index (κ3) is 8.40. The minimum absolute atomic E-state index is 0. The second-order valence-corrected chi connectivity index (χ2v) is 17.7. The van der Waals surface area contributed by atoms with Crippen LogP contribution >= 0.6 is 0 Å². The average Bonchev–Trinajstić information content (AvgIpc) is 3.75. The third-order valence-corrected chi connectivity index (χ3v) is 13.6. The van der Waals surface area contributed by atoms with Crippen molar-refractivity contribution in [3.05, 3.63) is 121 Å². The number of aliphatic hydroxyl groups is 1. The smallest absolute Gasteiger partial charge is 0.394 e. The van der Waals surface area contributed by atoms with E-state index in [9.17, 15) is 23.1 Å². The molecule has 1 saturated carbocycles. The summed E-state index contributed by atoms with van der Waals surface area (Å²) < 4.78 is 46.5. The minimum atomic E-state index is -4.31. The first-order valence-corrected chi connectivity index (χ1v) is 22.0. The molecule has 0 amide bonds. The molecule has 3 heterocycles. The molecular formula is C53H60F3IrN2O2-. The summed E-state index contributed by atoms with van der Waals surface area (Å²) in [7, 11) is 4.47. The van der Waals surface area contributed by atoms with Crippen molar-refractivity contribution in [3.8, 4) is 11.3 Å². The first-order chi connectivity index (χ1) is 28.7. The van der Waals surface area contributed by atoms with Gasteiger partial charge < -0.3 is 14.1 Å². The van der Waals surface area contributed by atoms with Crippen LogP contribution in [0.3, 0.4) is 0 Å². The molecule has 1 aliphatic rings. The van der Waals surface area contributed by atoms with E-state index in [2.05, 4.69) is 66.9 Å². The van der Waals surface area contributed by atoms with Gasteiger partial charge in [-0.05, 0) is 73.9 Å². The first-order valence-electron chi connectivity index (χ1n) is 22.0. The second kappa shape index (κ2) is 18.4. The van der Waals surface area contributed by atoms with E-state index in [0.29, 0.717) is 11.5 Å². The number of fused-ring (bicyclic) bond motifs is 7. The number of alkyl halides is 3. The summed E-state index contributed by atoms with van der Waals surface area (Å²) in [4.78, 5) is 11.7. The first kappa shape index (κ1) is 46.0. The van der Waals surface area contributed by atoms with Crippen molar-refractivity contribution >= 4 is 54.7 Å². The Hall–Kier alpha value is -4.52. The Bertz CT molecular complexity index is 2700. The Balaban J connectivity index is 0.000000335. The molecule has 1 radical (unpaired) electrons. The zero-order chi connectivity index (χ0) is 43.1. The quantitative estimate of drug-likeness (QED) is 0.0607. The van der Waals surface area contributed by atoms with Crippen LogP contribution in [0.25, 0.3) is 60.1 Å². The molecule has 1 N–H and O–H groups in total. The summed E-state index contributed by atoms with van der Waals surface area (Å²) in [6, 6.07) is 25.1. The molecular weight excluding hydrogens is 946 g/mol. The molecule has 3 aromatic heterocycles. The molecule has 325 valence electrons. The van der Waals surface area contributed by atoms with E-state index < -0.39 is 11.6 Å². The predicted octanol–water partition coefficient (Wildman–Crippen LogP) is 14.8. The van der Waals surface area contributed by atoms with Crippen molar-refractivity contribution in [1.29, 1.82) is 0 Å².